The lowest BCUT2D eigenvalue weighted by molar-refractivity contribution is 0.101. The van der Waals surface area contributed by atoms with E-state index < -0.39 is 11.8 Å². The third-order valence-corrected chi connectivity index (χ3v) is 14.4. The highest BCUT2D eigenvalue weighted by atomic mass is 16.5. The summed E-state index contributed by atoms with van der Waals surface area (Å²) in [4.78, 5) is 51.1. The molecule has 2 aliphatic heterocycles. The van der Waals surface area contributed by atoms with Crippen LogP contribution in [0.4, 0.5) is 34.6 Å². The van der Waals surface area contributed by atoms with E-state index in [1.165, 1.54) is 56.2 Å². The summed E-state index contributed by atoms with van der Waals surface area (Å²) in [6.45, 7) is 11.2. The Labute approximate surface area is 415 Å². The van der Waals surface area contributed by atoms with Crippen molar-refractivity contribution in [2.75, 3.05) is 81.5 Å². The fraction of sp³-hybridized carbons (Fsp3) is 0.389. The van der Waals surface area contributed by atoms with Crippen molar-refractivity contribution in [1.29, 1.82) is 0 Å². The number of hydrogen-bond donors (Lipinski definition) is 6. The van der Waals surface area contributed by atoms with E-state index in [1.54, 1.807) is 18.3 Å². The average Bonchev–Trinajstić information content (AvgIpc) is 3.84. The summed E-state index contributed by atoms with van der Waals surface area (Å²) in [5, 5.41) is 20.8. The molecule has 0 saturated carbocycles. The van der Waals surface area contributed by atoms with Crippen molar-refractivity contribution in [2.45, 2.75) is 71.6 Å². The molecule has 1 aliphatic carbocycles. The van der Waals surface area contributed by atoms with E-state index in [1.807, 2.05) is 24.3 Å². The molecular formula is C54H65N13O4. The van der Waals surface area contributed by atoms with Crippen LogP contribution in [0.3, 0.4) is 0 Å². The SMILES string of the molecule is COc1nc(NC2=CC=C(C3CCN(C)CC3)C(C)(C)C2)ncc1C(=O)Nc1cc(N)ccc1CCc1ccc2[nH]ncc2c1NC(=O)c1cnc(Nc2ccc(C3CCN(C)CC3)c(C)c2)nc1OC. The highest BCUT2D eigenvalue weighted by Gasteiger charge is 2.34. The van der Waals surface area contributed by atoms with E-state index in [4.69, 9.17) is 15.2 Å². The maximum atomic E-state index is 14.1. The van der Waals surface area contributed by atoms with Gasteiger partial charge in [0.2, 0.25) is 23.7 Å². The van der Waals surface area contributed by atoms with Crippen LogP contribution >= 0.6 is 0 Å². The fourth-order valence-corrected chi connectivity index (χ4v) is 10.4. The van der Waals surface area contributed by atoms with Crippen LogP contribution in [0.1, 0.15) is 94.8 Å². The van der Waals surface area contributed by atoms with Crippen molar-refractivity contribution >= 4 is 57.4 Å². The van der Waals surface area contributed by atoms with E-state index in [9.17, 15) is 9.59 Å². The number of likely N-dealkylation sites (tertiary alicyclic amines) is 2. The van der Waals surface area contributed by atoms with Gasteiger partial charge in [-0.1, -0.05) is 43.7 Å². The molecule has 6 aromatic rings. The van der Waals surface area contributed by atoms with E-state index in [2.05, 4.69) is 120 Å². The van der Waals surface area contributed by atoms with Gasteiger partial charge in [-0.05, 0) is 168 Å². The number of fused-ring (bicyclic) bond motifs is 1. The monoisotopic (exact) mass is 960 g/mol. The summed E-state index contributed by atoms with van der Waals surface area (Å²) >= 11 is 0. The van der Waals surface area contributed by atoms with Crippen LogP contribution in [0.25, 0.3) is 10.9 Å². The topological polar surface area (TPSA) is 213 Å². The number of carbonyl (C=O) groups excluding carboxylic acids is 2. The number of H-pyrrole nitrogens is 1. The molecule has 2 saturated heterocycles. The van der Waals surface area contributed by atoms with Crippen molar-refractivity contribution < 1.29 is 19.1 Å². The molecule has 17 heteroatoms. The smallest absolute Gasteiger partial charge is 0.262 e. The van der Waals surface area contributed by atoms with Gasteiger partial charge in [0, 0.05) is 40.5 Å². The summed E-state index contributed by atoms with van der Waals surface area (Å²) in [6.07, 6.45) is 15.4. The number of amides is 2. The van der Waals surface area contributed by atoms with Gasteiger partial charge in [-0.2, -0.15) is 15.1 Å². The van der Waals surface area contributed by atoms with E-state index in [0.717, 1.165) is 78.9 Å². The van der Waals surface area contributed by atoms with Crippen LogP contribution in [0, 0.1) is 18.3 Å². The Hall–Kier alpha value is -7.37. The third kappa shape index (κ3) is 11.0. The first-order valence-corrected chi connectivity index (χ1v) is 24.5. The molecule has 0 unspecified atom stereocenters. The third-order valence-electron chi connectivity index (χ3n) is 14.4. The Morgan fingerprint density at radius 1 is 0.761 bits per heavy atom. The number of benzene rings is 3. The second kappa shape index (κ2) is 20.9. The maximum absolute atomic E-state index is 14.1. The molecule has 5 heterocycles. The number of methoxy groups -OCH3 is 2. The summed E-state index contributed by atoms with van der Waals surface area (Å²) < 4.78 is 11.3. The molecule has 3 aromatic carbocycles. The molecule has 17 nitrogen and oxygen atoms in total. The average molecular weight is 960 g/mol. The molecule has 0 bridgehead atoms. The Kier molecular flexibility index (Phi) is 14.3. The quantitative estimate of drug-likeness (QED) is 0.0531. The fourth-order valence-electron chi connectivity index (χ4n) is 10.4. The molecule has 2 fully saturated rings. The lowest BCUT2D eigenvalue weighted by atomic mass is 9.69. The van der Waals surface area contributed by atoms with Gasteiger partial charge < -0.3 is 46.3 Å². The molecule has 2 amide bonds. The van der Waals surface area contributed by atoms with E-state index in [0.29, 0.717) is 53.6 Å². The molecule has 7 N–H and O–H groups in total. The molecule has 370 valence electrons. The van der Waals surface area contributed by atoms with Gasteiger partial charge in [0.25, 0.3) is 11.8 Å². The molecule has 3 aromatic heterocycles. The summed E-state index contributed by atoms with van der Waals surface area (Å²) in [6, 6.07) is 15.6. The minimum Gasteiger partial charge on any atom is -0.480 e. The zero-order valence-corrected chi connectivity index (χ0v) is 41.8. The first kappa shape index (κ1) is 48.6. The van der Waals surface area contributed by atoms with Gasteiger partial charge in [-0.25, -0.2) is 9.97 Å². The minimum atomic E-state index is -0.454. The lowest BCUT2D eigenvalue weighted by Gasteiger charge is -2.40. The number of nitrogen functional groups attached to an aromatic ring is 1. The number of nitrogens with zero attached hydrogens (tertiary/aromatic N) is 7. The van der Waals surface area contributed by atoms with Gasteiger partial charge in [-0.3, -0.25) is 14.7 Å². The van der Waals surface area contributed by atoms with Crippen molar-refractivity contribution in [3.63, 3.8) is 0 Å². The number of hydrogen-bond acceptors (Lipinski definition) is 14. The van der Waals surface area contributed by atoms with Crippen molar-refractivity contribution in [2.24, 2.45) is 11.3 Å². The number of anilines is 6. The first-order chi connectivity index (χ1) is 34.2. The number of ether oxygens (including phenoxy) is 2. The molecule has 0 radical (unpaired) electrons. The van der Waals surface area contributed by atoms with Gasteiger partial charge in [0.15, 0.2) is 0 Å². The highest BCUT2D eigenvalue weighted by molar-refractivity contribution is 6.10. The lowest BCUT2D eigenvalue weighted by Crippen LogP contribution is -2.35. The number of aromatic nitrogens is 6. The molecule has 0 spiro atoms. The van der Waals surface area contributed by atoms with Crippen LogP contribution in [-0.2, 0) is 12.8 Å². The molecule has 0 atom stereocenters. The van der Waals surface area contributed by atoms with Gasteiger partial charge >= 0.3 is 0 Å². The van der Waals surface area contributed by atoms with Crippen molar-refractivity contribution in [3.8, 4) is 11.8 Å². The second-order valence-electron chi connectivity index (χ2n) is 19.8. The molecule has 9 rings (SSSR count). The minimum absolute atomic E-state index is 0.0208. The first-order valence-electron chi connectivity index (χ1n) is 24.5. The number of carbonyl (C=O) groups is 2. The predicted molar refractivity (Wildman–Crippen MR) is 280 cm³/mol. The predicted octanol–water partition coefficient (Wildman–Crippen LogP) is 8.89. The van der Waals surface area contributed by atoms with Gasteiger partial charge in [0.05, 0.1) is 31.6 Å². The van der Waals surface area contributed by atoms with Crippen molar-refractivity contribution in [1.82, 2.24) is 39.9 Å². The Morgan fingerprint density at radius 2 is 1.38 bits per heavy atom. The standard InChI is InChI=1S/C54H65N13O4/c1-32-26-38(13-15-40(32)33-18-22-66(4)23-19-33)59-52-56-30-43(51(63-52)71-7)49(69)62-47-36(11-17-45-41(47)31-58-65-45)9-8-35-10-12-37(55)27-46(35)61-48(68)42-29-57-53(64-50(42)70-6)60-39-14-16-44(54(2,3)28-39)34-20-24-67(5)25-21-34/h10-17,26-27,29-31,33-34H,8-9,18-25,28,55H2,1-7H3,(H,58,65)(H,61,68)(H,62,69)(H,56,59,63)(H,57,60,64). The Balaban J connectivity index is 0.876. The molecule has 3 aliphatic rings. The number of nitrogens with two attached hydrogens (primary N) is 1. The van der Waals surface area contributed by atoms with E-state index in [-0.39, 0.29) is 28.3 Å². The summed E-state index contributed by atoms with van der Waals surface area (Å²) in [7, 11) is 7.32. The number of rotatable bonds is 15. The van der Waals surface area contributed by atoms with Crippen LogP contribution in [0.5, 0.6) is 11.8 Å². The Morgan fingerprint density at radius 3 is 2.03 bits per heavy atom. The summed E-state index contributed by atoms with van der Waals surface area (Å²) in [5.41, 5.74) is 16.5. The van der Waals surface area contributed by atoms with Crippen LogP contribution in [-0.4, -0.2) is 106 Å². The van der Waals surface area contributed by atoms with E-state index >= 15 is 0 Å². The normalized spacial score (nSPS) is 16.8. The maximum Gasteiger partial charge on any atom is 0.262 e. The number of piperidine rings is 2. The molecular weight excluding hydrogens is 895 g/mol. The van der Waals surface area contributed by atoms with Crippen LogP contribution in [0.2, 0.25) is 0 Å². The number of allylic oxidation sites excluding steroid dienone is 4. The zero-order valence-electron chi connectivity index (χ0n) is 41.8. The van der Waals surface area contributed by atoms with Crippen molar-refractivity contribution in [3.05, 3.63) is 124 Å². The Bertz CT molecular complexity index is 3000. The van der Waals surface area contributed by atoms with Gasteiger partial charge in [0.1, 0.15) is 11.1 Å². The number of aryl methyl sites for hydroxylation is 3. The summed E-state index contributed by atoms with van der Waals surface area (Å²) in [5.74, 6) is 1.12. The number of aromatic amines is 1. The largest absolute Gasteiger partial charge is 0.480 e. The zero-order chi connectivity index (χ0) is 49.8. The second-order valence-corrected chi connectivity index (χ2v) is 19.8. The van der Waals surface area contributed by atoms with Crippen LogP contribution in [0.15, 0.2) is 90.5 Å². The highest BCUT2D eigenvalue weighted by Crippen LogP contribution is 2.44. The molecule has 71 heavy (non-hydrogen) atoms. The van der Waals surface area contributed by atoms with Crippen LogP contribution < -0.4 is 36.5 Å². The van der Waals surface area contributed by atoms with Gasteiger partial charge in [-0.15, -0.1) is 0 Å². The number of nitrogens with one attached hydrogen (secondary N) is 5.